The molecule has 5 nitrogen and oxygen atoms in total. The minimum atomic E-state index is -2.65. The largest absolute Gasteiger partial charge is 0.383 e. The number of alkyl halides is 2. The lowest BCUT2D eigenvalue weighted by atomic mass is 10.2. The minimum Gasteiger partial charge on any atom is -0.383 e. The summed E-state index contributed by atoms with van der Waals surface area (Å²) in [5, 5.41) is 6.52. The van der Waals surface area contributed by atoms with Gasteiger partial charge in [0.15, 0.2) is 0 Å². The summed E-state index contributed by atoms with van der Waals surface area (Å²) in [6.45, 7) is 0.741. The van der Waals surface area contributed by atoms with Gasteiger partial charge in [-0.05, 0) is 28.8 Å². The fourth-order valence-electron chi connectivity index (χ4n) is 1.96. The third-order valence-corrected chi connectivity index (χ3v) is 3.86. The van der Waals surface area contributed by atoms with E-state index < -0.39 is 6.43 Å². The average molecular weight is 352 g/mol. The number of carbonyl (C=O) groups excluding carboxylic acids is 1. The molecule has 0 aliphatic heterocycles. The Morgan fingerprint density at radius 2 is 2.30 bits per heavy atom. The lowest BCUT2D eigenvalue weighted by Gasteiger charge is -2.08. The molecule has 1 amide bonds. The number of nitrogens with zero attached hydrogens (tertiary/aromatic N) is 2. The van der Waals surface area contributed by atoms with Crippen molar-refractivity contribution in [2.75, 3.05) is 20.3 Å². The van der Waals surface area contributed by atoms with E-state index in [0.717, 1.165) is 12.8 Å². The first kappa shape index (κ1) is 15.4. The summed E-state index contributed by atoms with van der Waals surface area (Å²) in [5.74, 6) is -0.0454. The topological polar surface area (TPSA) is 56.1 Å². The van der Waals surface area contributed by atoms with Crippen LogP contribution in [0.4, 0.5) is 8.78 Å². The van der Waals surface area contributed by atoms with Crippen LogP contribution in [-0.2, 0) is 16.1 Å². The zero-order valence-corrected chi connectivity index (χ0v) is 12.6. The molecule has 0 radical (unpaired) electrons. The van der Waals surface area contributed by atoms with Crippen molar-refractivity contribution in [1.29, 1.82) is 0 Å². The van der Waals surface area contributed by atoms with Gasteiger partial charge in [-0.3, -0.25) is 9.48 Å². The minimum absolute atomic E-state index is 0.0547. The summed E-state index contributed by atoms with van der Waals surface area (Å²) in [6, 6.07) is 0. The molecule has 1 aliphatic carbocycles. The molecule has 112 valence electrons. The molecule has 8 heteroatoms. The van der Waals surface area contributed by atoms with Gasteiger partial charge in [0.2, 0.25) is 5.91 Å². The molecule has 1 aromatic heterocycles. The van der Waals surface area contributed by atoms with Crippen molar-refractivity contribution < 1.29 is 18.3 Å². The van der Waals surface area contributed by atoms with Crippen molar-refractivity contribution >= 4 is 21.8 Å². The smallest absolute Gasteiger partial charge is 0.283 e. The third kappa shape index (κ3) is 3.54. The standard InChI is InChI=1S/C12H16BrF2N3O2/c1-20-5-4-16-8(19)6-18-11(7-2-3-7)9(13)10(17-18)12(14)15/h7,12H,2-6H2,1H3,(H,16,19). The highest BCUT2D eigenvalue weighted by Gasteiger charge is 2.33. The Balaban J connectivity index is 2.10. The maximum absolute atomic E-state index is 12.9. The number of aromatic nitrogens is 2. The Hall–Kier alpha value is -1.02. The van der Waals surface area contributed by atoms with Crippen LogP contribution in [0.5, 0.6) is 0 Å². The summed E-state index contributed by atoms with van der Waals surface area (Å²) < 4.78 is 32.3. The van der Waals surface area contributed by atoms with Gasteiger partial charge in [-0.25, -0.2) is 8.78 Å². The van der Waals surface area contributed by atoms with Crippen LogP contribution in [0.25, 0.3) is 0 Å². The molecule has 20 heavy (non-hydrogen) atoms. The van der Waals surface area contributed by atoms with E-state index in [2.05, 4.69) is 26.3 Å². The van der Waals surface area contributed by atoms with Crippen LogP contribution in [-0.4, -0.2) is 35.9 Å². The highest BCUT2D eigenvalue weighted by atomic mass is 79.9. The zero-order valence-electron chi connectivity index (χ0n) is 11.0. The summed E-state index contributed by atoms with van der Waals surface area (Å²) in [5.41, 5.74) is 0.402. The number of nitrogens with one attached hydrogen (secondary N) is 1. The van der Waals surface area contributed by atoms with E-state index in [1.54, 1.807) is 0 Å². The van der Waals surface area contributed by atoms with Crippen LogP contribution in [0, 0.1) is 0 Å². The number of methoxy groups -OCH3 is 1. The van der Waals surface area contributed by atoms with E-state index in [4.69, 9.17) is 4.74 Å². The SMILES string of the molecule is COCCNC(=O)Cn1nc(C(F)F)c(Br)c1C1CC1. The van der Waals surface area contributed by atoms with Crippen molar-refractivity contribution in [3.63, 3.8) is 0 Å². The predicted molar refractivity (Wildman–Crippen MR) is 71.7 cm³/mol. The number of carbonyl (C=O) groups is 1. The van der Waals surface area contributed by atoms with Crippen LogP contribution in [0.2, 0.25) is 0 Å². The van der Waals surface area contributed by atoms with Crippen molar-refractivity contribution in [1.82, 2.24) is 15.1 Å². The van der Waals surface area contributed by atoms with E-state index in [0.29, 0.717) is 23.3 Å². The number of amides is 1. The zero-order chi connectivity index (χ0) is 14.7. The van der Waals surface area contributed by atoms with Crippen LogP contribution < -0.4 is 5.32 Å². The molecule has 0 aromatic carbocycles. The molecule has 2 rings (SSSR count). The molecule has 0 unspecified atom stereocenters. The van der Waals surface area contributed by atoms with E-state index in [1.807, 2.05) is 0 Å². The molecule has 0 atom stereocenters. The molecule has 1 fully saturated rings. The molecular weight excluding hydrogens is 336 g/mol. The second kappa shape index (κ2) is 6.62. The van der Waals surface area contributed by atoms with Gasteiger partial charge < -0.3 is 10.1 Å². The fraction of sp³-hybridized carbons (Fsp3) is 0.667. The van der Waals surface area contributed by atoms with Gasteiger partial charge in [0, 0.05) is 19.6 Å². The first-order valence-corrected chi connectivity index (χ1v) is 7.13. The van der Waals surface area contributed by atoms with Crippen molar-refractivity contribution in [3.8, 4) is 0 Å². The van der Waals surface area contributed by atoms with Gasteiger partial charge in [-0.1, -0.05) is 0 Å². The Bertz CT molecular complexity index is 489. The highest BCUT2D eigenvalue weighted by molar-refractivity contribution is 9.10. The maximum atomic E-state index is 12.9. The van der Waals surface area contributed by atoms with Crippen LogP contribution in [0.15, 0.2) is 4.47 Å². The molecule has 1 aromatic rings. The quantitative estimate of drug-likeness (QED) is 0.766. The number of hydrogen-bond acceptors (Lipinski definition) is 3. The summed E-state index contributed by atoms with van der Waals surface area (Å²) in [4.78, 5) is 11.7. The number of hydrogen-bond donors (Lipinski definition) is 1. The molecular formula is C12H16BrF2N3O2. The fourth-order valence-corrected chi connectivity index (χ4v) is 2.74. The van der Waals surface area contributed by atoms with Gasteiger partial charge in [0.25, 0.3) is 6.43 Å². The van der Waals surface area contributed by atoms with Crippen LogP contribution >= 0.6 is 15.9 Å². The van der Waals surface area contributed by atoms with Crippen LogP contribution in [0.1, 0.15) is 36.6 Å². The van der Waals surface area contributed by atoms with Gasteiger partial charge in [-0.2, -0.15) is 5.10 Å². The Morgan fingerprint density at radius 3 is 2.85 bits per heavy atom. The maximum Gasteiger partial charge on any atom is 0.283 e. The number of halogens is 3. The molecule has 1 heterocycles. The van der Waals surface area contributed by atoms with Crippen molar-refractivity contribution in [2.45, 2.75) is 31.7 Å². The van der Waals surface area contributed by atoms with Gasteiger partial charge in [0.05, 0.1) is 16.8 Å². The summed E-state index contributed by atoms with van der Waals surface area (Å²) in [6.07, 6.45) is -0.768. The van der Waals surface area contributed by atoms with Crippen LogP contribution in [0.3, 0.4) is 0 Å². The Kier molecular flexibility index (Phi) is 5.09. The molecule has 0 saturated heterocycles. The summed E-state index contributed by atoms with van der Waals surface area (Å²) in [7, 11) is 1.54. The molecule has 1 saturated carbocycles. The second-order valence-electron chi connectivity index (χ2n) is 4.66. The van der Waals surface area contributed by atoms with E-state index in [-0.39, 0.29) is 24.1 Å². The van der Waals surface area contributed by atoms with E-state index >= 15 is 0 Å². The first-order chi connectivity index (χ1) is 9.54. The normalized spacial score (nSPS) is 14.8. The Morgan fingerprint density at radius 1 is 1.60 bits per heavy atom. The molecule has 1 N–H and O–H groups in total. The monoisotopic (exact) mass is 351 g/mol. The lowest BCUT2D eigenvalue weighted by molar-refractivity contribution is -0.122. The van der Waals surface area contributed by atoms with Gasteiger partial charge in [0.1, 0.15) is 12.2 Å². The van der Waals surface area contributed by atoms with E-state index in [9.17, 15) is 13.6 Å². The summed E-state index contributed by atoms with van der Waals surface area (Å²) >= 11 is 3.18. The first-order valence-electron chi connectivity index (χ1n) is 6.34. The Labute approximate surface area is 123 Å². The third-order valence-electron chi connectivity index (χ3n) is 3.05. The van der Waals surface area contributed by atoms with Gasteiger partial charge in [-0.15, -0.1) is 0 Å². The molecule has 1 aliphatic rings. The number of rotatable bonds is 7. The van der Waals surface area contributed by atoms with Crippen molar-refractivity contribution in [2.24, 2.45) is 0 Å². The van der Waals surface area contributed by atoms with E-state index in [1.165, 1.54) is 11.8 Å². The highest BCUT2D eigenvalue weighted by Crippen LogP contribution is 2.45. The van der Waals surface area contributed by atoms with Gasteiger partial charge >= 0.3 is 0 Å². The lowest BCUT2D eigenvalue weighted by Crippen LogP contribution is -2.31. The predicted octanol–water partition coefficient (Wildman–Crippen LogP) is 2.22. The molecule has 0 spiro atoms. The number of ether oxygens (including phenoxy) is 1. The molecule has 0 bridgehead atoms. The average Bonchev–Trinajstić information content (AvgIpc) is 3.15. The second-order valence-corrected chi connectivity index (χ2v) is 5.45. The van der Waals surface area contributed by atoms with Crippen molar-refractivity contribution in [3.05, 3.63) is 15.9 Å².